The van der Waals surface area contributed by atoms with Crippen LogP contribution in [-0.2, 0) is 0 Å². The fourth-order valence-electron chi connectivity index (χ4n) is 1.75. The summed E-state index contributed by atoms with van der Waals surface area (Å²) in [6.45, 7) is 6.73. The Morgan fingerprint density at radius 3 is 3.08 bits per heavy atom. The fraction of sp³-hybridized carbons (Fsp3) is 0.800. The van der Waals surface area contributed by atoms with E-state index in [-0.39, 0.29) is 0 Å². The van der Waals surface area contributed by atoms with Gasteiger partial charge in [-0.25, -0.2) is 0 Å². The highest BCUT2D eigenvalue weighted by Gasteiger charge is 2.15. The molecule has 2 atom stereocenters. The van der Waals surface area contributed by atoms with Gasteiger partial charge in [0, 0.05) is 12.6 Å². The Labute approximate surface area is 75.4 Å². The molecule has 1 heterocycles. The maximum absolute atomic E-state index is 3.38. The molecule has 2 N–H and O–H groups in total. The zero-order chi connectivity index (χ0) is 8.97. The van der Waals surface area contributed by atoms with Gasteiger partial charge in [-0.2, -0.15) is 0 Å². The lowest BCUT2D eigenvalue weighted by atomic mass is 9.93. The van der Waals surface area contributed by atoms with Gasteiger partial charge in [0.1, 0.15) is 0 Å². The molecule has 0 aliphatic carbocycles. The highest BCUT2D eigenvalue weighted by molar-refractivity contribution is 5.14. The molecule has 0 aromatic heterocycles. The second-order valence-corrected chi connectivity index (χ2v) is 3.61. The molecule has 0 saturated heterocycles. The monoisotopic (exact) mass is 168 g/mol. The van der Waals surface area contributed by atoms with Crippen LogP contribution in [0, 0.1) is 5.92 Å². The van der Waals surface area contributed by atoms with Crippen LogP contribution < -0.4 is 10.6 Å². The van der Waals surface area contributed by atoms with Gasteiger partial charge in [0.05, 0.1) is 0 Å². The third-order valence-electron chi connectivity index (χ3n) is 2.74. The van der Waals surface area contributed by atoms with E-state index >= 15 is 0 Å². The maximum atomic E-state index is 3.38. The van der Waals surface area contributed by atoms with E-state index in [1.165, 1.54) is 6.42 Å². The fourth-order valence-corrected chi connectivity index (χ4v) is 1.75. The highest BCUT2D eigenvalue weighted by Crippen LogP contribution is 2.18. The lowest BCUT2D eigenvalue weighted by Crippen LogP contribution is -2.26. The Morgan fingerprint density at radius 1 is 1.67 bits per heavy atom. The Morgan fingerprint density at radius 2 is 2.42 bits per heavy atom. The molecule has 1 aliphatic rings. The van der Waals surface area contributed by atoms with Crippen molar-refractivity contribution >= 4 is 0 Å². The molecule has 0 bridgehead atoms. The molecule has 70 valence electrons. The van der Waals surface area contributed by atoms with Crippen LogP contribution in [0.4, 0.5) is 0 Å². The van der Waals surface area contributed by atoms with E-state index in [0.29, 0.717) is 6.04 Å². The van der Waals surface area contributed by atoms with Gasteiger partial charge in [-0.05, 0) is 32.9 Å². The van der Waals surface area contributed by atoms with Gasteiger partial charge in [-0.15, -0.1) is 0 Å². The molecule has 0 saturated carbocycles. The standard InChI is InChI=1S/C10H20N2/c1-8-4-6-12-7-5-10(8)9(2)11-3/h5,8-9,11-12H,4,6-7H2,1-3H3. The summed E-state index contributed by atoms with van der Waals surface area (Å²) in [6.07, 6.45) is 3.59. The van der Waals surface area contributed by atoms with E-state index in [9.17, 15) is 0 Å². The number of likely N-dealkylation sites (N-methyl/N-ethyl adjacent to an activating group) is 1. The van der Waals surface area contributed by atoms with Crippen LogP contribution in [-0.4, -0.2) is 26.2 Å². The molecule has 2 unspecified atom stereocenters. The van der Waals surface area contributed by atoms with Crippen molar-refractivity contribution in [2.45, 2.75) is 26.3 Å². The number of nitrogens with one attached hydrogen (secondary N) is 2. The van der Waals surface area contributed by atoms with Crippen LogP contribution in [0.1, 0.15) is 20.3 Å². The molecule has 0 aromatic carbocycles. The molecule has 2 nitrogen and oxygen atoms in total. The average Bonchev–Trinajstić information content (AvgIpc) is 2.28. The van der Waals surface area contributed by atoms with Crippen LogP contribution in [0.2, 0.25) is 0 Å². The first-order valence-electron chi connectivity index (χ1n) is 4.83. The molecule has 0 aromatic rings. The lowest BCUT2D eigenvalue weighted by Gasteiger charge is -2.19. The third kappa shape index (κ3) is 2.32. The normalized spacial score (nSPS) is 27.6. The van der Waals surface area contributed by atoms with Crippen molar-refractivity contribution in [3.05, 3.63) is 11.6 Å². The zero-order valence-corrected chi connectivity index (χ0v) is 8.35. The van der Waals surface area contributed by atoms with Gasteiger partial charge in [-0.3, -0.25) is 0 Å². The molecule has 12 heavy (non-hydrogen) atoms. The molecule has 0 radical (unpaired) electrons. The number of hydrogen-bond acceptors (Lipinski definition) is 2. The largest absolute Gasteiger partial charge is 0.314 e. The zero-order valence-electron chi connectivity index (χ0n) is 8.35. The molecular formula is C10H20N2. The van der Waals surface area contributed by atoms with Gasteiger partial charge in [0.25, 0.3) is 0 Å². The van der Waals surface area contributed by atoms with E-state index in [1.54, 1.807) is 5.57 Å². The molecule has 1 aliphatic heterocycles. The van der Waals surface area contributed by atoms with Gasteiger partial charge >= 0.3 is 0 Å². The topological polar surface area (TPSA) is 24.1 Å². The highest BCUT2D eigenvalue weighted by atomic mass is 14.9. The minimum Gasteiger partial charge on any atom is -0.314 e. The van der Waals surface area contributed by atoms with Crippen molar-refractivity contribution in [2.24, 2.45) is 5.92 Å². The van der Waals surface area contributed by atoms with E-state index in [0.717, 1.165) is 19.0 Å². The molecule has 2 heteroatoms. The summed E-state index contributed by atoms with van der Waals surface area (Å²) in [5.41, 5.74) is 1.56. The summed E-state index contributed by atoms with van der Waals surface area (Å²) >= 11 is 0. The van der Waals surface area contributed by atoms with Crippen molar-refractivity contribution in [1.29, 1.82) is 0 Å². The Hall–Kier alpha value is -0.340. The maximum Gasteiger partial charge on any atom is 0.0251 e. The Bertz CT molecular complexity index is 163. The minimum absolute atomic E-state index is 0.528. The van der Waals surface area contributed by atoms with Crippen LogP contribution >= 0.6 is 0 Å². The minimum atomic E-state index is 0.528. The Balaban J connectivity index is 2.62. The first-order valence-corrected chi connectivity index (χ1v) is 4.83. The van der Waals surface area contributed by atoms with E-state index < -0.39 is 0 Å². The second kappa shape index (κ2) is 4.63. The smallest absolute Gasteiger partial charge is 0.0251 e. The first-order chi connectivity index (χ1) is 5.75. The summed E-state index contributed by atoms with van der Waals surface area (Å²) in [7, 11) is 2.02. The first kappa shape index (κ1) is 9.75. The number of hydrogen-bond donors (Lipinski definition) is 2. The summed E-state index contributed by atoms with van der Waals surface area (Å²) in [6, 6.07) is 0.528. The van der Waals surface area contributed by atoms with Crippen molar-refractivity contribution in [1.82, 2.24) is 10.6 Å². The SMILES string of the molecule is CNC(C)C1=CCNCCC1C. The van der Waals surface area contributed by atoms with Gasteiger partial charge in [0.15, 0.2) is 0 Å². The van der Waals surface area contributed by atoms with Crippen LogP contribution in [0.3, 0.4) is 0 Å². The quantitative estimate of drug-likeness (QED) is 0.604. The summed E-state index contributed by atoms with van der Waals surface area (Å²) in [4.78, 5) is 0. The van der Waals surface area contributed by atoms with Crippen molar-refractivity contribution in [3.8, 4) is 0 Å². The summed E-state index contributed by atoms with van der Waals surface area (Å²) in [5.74, 6) is 0.724. The molecule has 0 fully saturated rings. The Kier molecular flexibility index (Phi) is 3.76. The molecule has 0 spiro atoms. The van der Waals surface area contributed by atoms with E-state index in [1.807, 2.05) is 7.05 Å². The average molecular weight is 168 g/mol. The third-order valence-corrected chi connectivity index (χ3v) is 2.74. The summed E-state index contributed by atoms with van der Waals surface area (Å²) in [5, 5.41) is 6.68. The summed E-state index contributed by atoms with van der Waals surface area (Å²) < 4.78 is 0. The molecular weight excluding hydrogens is 148 g/mol. The van der Waals surface area contributed by atoms with Crippen molar-refractivity contribution in [3.63, 3.8) is 0 Å². The van der Waals surface area contributed by atoms with Crippen LogP contribution in [0.15, 0.2) is 11.6 Å². The van der Waals surface area contributed by atoms with Gasteiger partial charge in [-0.1, -0.05) is 18.6 Å². The molecule has 1 rings (SSSR count). The molecule has 0 amide bonds. The van der Waals surface area contributed by atoms with Crippen molar-refractivity contribution in [2.75, 3.05) is 20.1 Å². The van der Waals surface area contributed by atoms with Gasteiger partial charge in [0.2, 0.25) is 0 Å². The van der Waals surface area contributed by atoms with E-state index in [4.69, 9.17) is 0 Å². The van der Waals surface area contributed by atoms with Crippen LogP contribution in [0.25, 0.3) is 0 Å². The number of rotatable bonds is 2. The van der Waals surface area contributed by atoms with E-state index in [2.05, 4.69) is 30.6 Å². The lowest BCUT2D eigenvalue weighted by molar-refractivity contribution is 0.539. The van der Waals surface area contributed by atoms with Crippen LogP contribution in [0.5, 0.6) is 0 Å². The second-order valence-electron chi connectivity index (χ2n) is 3.61. The van der Waals surface area contributed by atoms with Crippen molar-refractivity contribution < 1.29 is 0 Å². The predicted octanol–water partition coefficient (Wildman–Crippen LogP) is 1.15. The predicted molar refractivity (Wildman–Crippen MR) is 53.3 cm³/mol. The van der Waals surface area contributed by atoms with Gasteiger partial charge < -0.3 is 10.6 Å².